The largest absolute Gasteiger partial charge is 0.492 e. The number of ether oxygens (including phenoxy) is 1. The Kier molecular flexibility index (Phi) is 8.99. The van der Waals surface area contributed by atoms with E-state index < -0.39 is 0 Å². The molecule has 1 amide bonds. The first kappa shape index (κ1) is 19.7. The number of hydrogen-bond acceptors (Lipinski definition) is 4. The first-order valence-electron chi connectivity index (χ1n) is 8.15. The van der Waals surface area contributed by atoms with Crippen LogP contribution in [0.3, 0.4) is 0 Å². The van der Waals surface area contributed by atoms with Gasteiger partial charge in [-0.1, -0.05) is 31.5 Å². The third-order valence-electron chi connectivity index (χ3n) is 4.02. The summed E-state index contributed by atoms with van der Waals surface area (Å²) in [7, 11) is 0. The lowest BCUT2D eigenvalue weighted by Gasteiger charge is -2.35. The molecule has 1 aliphatic heterocycles. The molecule has 23 heavy (non-hydrogen) atoms. The van der Waals surface area contributed by atoms with Crippen LogP contribution < -0.4 is 10.5 Å². The maximum Gasteiger partial charge on any atom is 0.239 e. The predicted molar refractivity (Wildman–Crippen MR) is 95.1 cm³/mol. The summed E-state index contributed by atoms with van der Waals surface area (Å²) in [5, 5.41) is 0. The monoisotopic (exact) mass is 341 g/mol. The fourth-order valence-corrected chi connectivity index (χ4v) is 2.67. The molecule has 5 nitrogen and oxygen atoms in total. The van der Waals surface area contributed by atoms with E-state index in [-0.39, 0.29) is 24.4 Å². The Balaban J connectivity index is 0.00000264. The van der Waals surface area contributed by atoms with E-state index in [9.17, 15) is 4.79 Å². The second-order valence-electron chi connectivity index (χ2n) is 5.72. The van der Waals surface area contributed by atoms with Gasteiger partial charge in [0.2, 0.25) is 5.91 Å². The molecule has 1 fully saturated rings. The molecule has 0 bridgehead atoms. The minimum Gasteiger partial charge on any atom is -0.492 e. The number of rotatable bonds is 7. The first-order chi connectivity index (χ1) is 10.7. The molecular formula is C17H28ClN3O2. The third kappa shape index (κ3) is 6.37. The van der Waals surface area contributed by atoms with Crippen LogP contribution in [0, 0.1) is 0 Å². The lowest BCUT2D eigenvalue weighted by molar-refractivity contribution is -0.134. The van der Waals surface area contributed by atoms with Crippen LogP contribution in [0.2, 0.25) is 0 Å². The van der Waals surface area contributed by atoms with Crippen molar-refractivity contribution in [2.24, 2.45) is 5.73 Å². The van der Waals surface area contributed by atoms with Crippen molar-refractivity contribution >= 4 is 18.3 Å². The summed E-state index contributed by atoms with van der Waals surface area (Å²) in [4.78, 5) is 16.4. The molecule has 0 saturated carbocycles. The molecule has 0 radical (unpaired) electrons. The molecule has 1 unspecified atom stereocenters. The van der Waals surface area contributed by atoms with Crippen LogP contribution in [-0.2, 0) is 4.79 Å². The van der Waals surface area contributed by atoms with Crippen molar-refractivity contribution in [1.29, 1.82) is 0 Å². The summed E-state index contributed by atoms with van der Waals surface area (Å²) in [5.41, 5.74) is 5.91. The fourth-order valence-electron chi connectivity index (χ4n) is 2.67. The number of para-hydroxylation sites is 1. The Morgan fingerprint density at radius 2 is 1.87 bits per heavy atom. The summed E-state index contributed by atoms with van der Waals surface area (Å²) >= 11 is 0. The van der Waals surface area contributed by atoms with Crippen molar-refractivity contribution in [2.75, 3.05) is 39.3 Å². The van der Waals surface area contributed by atoms with E-state index in [0.29, 0.717) is 6.61 Å². The van der Waals surface area contributed by atoms with Crippen molar-refractivity contribution in [1.82, 2.24) is 9.80 Å². The Hall–Kier alpha value is -1.30. The molecule has 2 rings (SSSR count). The smallest absolute Gasteiger partial charge is 0.239 e. The highest BCUT2D eigenvalue weighted by molar-refractivity contribution is 5.85. The van der Waals surface area contributed by atoms with Crippen molar-refractivity contribution < 1.29 is 9.53 Å². The number of nitrogens with two attached hydrogens (primary N) is 1. The standard InChI is InChI=1S/C17H27N3O2.ClH/c1-2-6-16(18)17(21)20-11-9-19(10-12-20)13-14-22-15-7-4-3-5-8-15;/h3-5,7-8,16H,2,6,9-14,18H2,1H3;1H. The lowest BCUT2D eigenvalue weighted by Crippen LogP contribution is -2.53. The van der Waals surface area contributed by atoms with Crippen LogP contribution in [-0.4, -0.2) is 61.1 Å². The van der Waals surface area contributed by atoms with Crippen LogP contribution >= 0.6 is 12.4 Å². The average molecular weight is 342 g/mol. The van der Waals surface area contributed by atoms with E-state index >= 15 is 0 Å². The van der Waals surface area contributed by atoms with Crippen molar-refractivity contribution in [3.63, 3.8) is 0 Å². The number of benzene rings is 1. The number of amides is 1. The number of carbonyl (C=O) groups is 1. The second kappa shape index (κ2) is 10.5. The summed E-state index contributed by atoms with van der Waals surface area (Å²) < 4.78 is 5.71. The van der Waals surface area contributed by atoms with Gasteiger partial charge in [-0.3, -0.25) is 9.69 Å². The molecule has 6 heteroatoms. The highest BCUT2D eigenvalue weighted by Crippen LogP contribution is 2.09. The minimum atomic E-state index is -0.335. The van der Waals surface area contributed by atoms with Gasteiger partial charge in [0.05, 0.1) is 6.04 Å². The van der Waals surface area contributed by atoms with E-state index in [1.165, 1.54) is 0 Å². The molecule has 1 aliphatic rings. The van der Waals surface area contributed by atoms with E-state index in [1.54, 1.807) is 0 Å². The third-order valence-corrected chi connectivity index (χ3v) is 4.02. The normalized spacial score (nSPS) is 16.5. The van der Waals surface area contributed by atoms with Gasteiger partial charge in [0.25, 0.3) is 0 Å². The van der Waals surface area contributed by atoms with Crippen molar-refractivity contribution in [3.05, 3.63) is 30.3 Å². The number of halogens is 1. The quantitative estimate of drug-likeness (QED) is 0.821. The van der Waals surface area contributed by atoms with E-state index in [2.05, 4.69) is 11.8 Å². The predicted octanol–water partition coefficient (Wildman–Crippen LogP) is 1.76. The topological polar surface area (TPSA) is 58.8 Å². The van der Waals surface area contributed by atoms with E-state index in [1.807, 2.05) is 35.2 Å². The summed E-state index contributed by atoms with van der Waals surface area (Å²) in [6.07, 6.45) is 1.72. The Labute approximate surface area is 145 Å². The maximum atomic E-state index is 12.2. The van der Waals surface area contributed by atoms with Crippen LogP contribution in [0.25, 0.3) is 0 Å². The maximum absolute atomic E-state index is 12.2. The first-order valence-corrected chi connectivity index (χ1v) is 8.15. The second-order valence-corrected chi connectivity index (χ2v) is 5.72. The van der Waals surface area contributed by atoms with Gasteiger partial charge < -0.3 is 15.4 Å². The van der Waals surface area contributed by atoms with Crippen LogP contribution in [0.4, 0.5) is 0 Å². The lowest BCUT2D eigenvalue weighted by atomic mass is 10.1. The number of hydrogen-bond donors (Lipinski definition) is 1. The van der Waals surface area contributed by atoms with Gasteiger partial charge in [-0.05, 0) is 18.6 Å². The molecule has 1 aromatic rings. The van der Waals surface area contributed by atoms with Gasteiger partial charge in [-0.25, -0.2) is 0 Å². The highest BCUT2D eigenvalue weighted by Gasteiger charge is 2.24. The number of carbonyl (C=O) groups excluding carboxylic acids is 1. The van der Waals surface area contributed by atoms with Crippen molar-refractivity contribution in [2.45, 2.75) is 25.8 Å². The van der Waals surface area contributed by atoms with Gasteiger partial charge in [-0.15, -0.1) is 12.4 Å². The Morgan fingerprint density at radius 1 is 1.22 bits per heavy atom. The zero-order valence-corrected chi connectivity index (χ0v) is 14.6. The Bertz CT molecular complexity index is 450. The zero-order chi connectivity index (χ0) is 15.8. The van der Waals surface area contributed by atoms with E-state index in [4.69, 9.17) is 10.5 Å². The van der Waals surface area contributed by atoms with Gasteiger partial charge >= 0.3 is 0 Å². The zero-order valence-electron chi connectivity index (χ0n) is 13.8. The molecule has 1 aromatic carbocycles. The van der Waals surface area contributed by atoms with Gasteiger partial charge in [0.1, 0.15) is 12.4 Å². The van der Waals surface area contributed by atoms with Gasteiger partial charge in [-0.2, -0.15) is 0 Å². The summed E-state index contributed by atoms with van der Waals surface area (Å²) in [5.74, 6) is 1.00. The van der Waals surface area contributed by atoms with Crippen molar-refractivity contribution in [3.8, 4) is 5.75 Å². The van der Waals surface area contributed by atoms with E-state index in [0.717, 1.165) is 51.3 Å². The molecule has 1 heterocycles. The summed E-state index contributed by atoms with van der Waals surface area (Å²) in [6, 6.07) is 9.51. The average Bonchev–Trinajstić information content (AvgIpc) is 2.56. The molecule has 0 aliphatic carbocycles. The molecule has 2 N–H and O–H groups in total. The van der Waals surface area contributed by atoms with Crippen LogP contribution in [0.15, 0.2) is 30.3 Å². The molecular weight excluding hydrogens is 314 g/mol. The van der Waals surface area contributed by atoms with Gasteiger partial charge in [0, 0.05) is 32.7 Å². The SMILES string of the molecule is CCCC(N)C(=O)N1CCN(CCOc2ccccc2)CC1.Cl. The molecule has 1 saturated heterocycles. The Morgan fingerprint density at radius 3 is 2.48 bits per heavy atom. The van der Waals surface area contributed by atoms with Gasteiger partial charge in [0.15, 0.2) is 0 Å². The molecule has 0 spiro atoms. The number of piperazine rings is 1. The molecule has 0 aromatic heterocycles. The fraction of sp³-hybridized carbons (Fsp3) is 0.588. The molecule has 130 valence electrons. The molecule has 1 atom stereocenters. The highest BCUT2D eigenvalue weighted by atomic mass is 35.5. The summed E-state index contributed by atoms with van der Waals surface area (Å²) in [6.45, 7) is 6.93. The minimum absolute atomic E-state index is 0. The van der Waals surface area contributed by atoms with Crippen LogP contribution in [0.1, 0.15) is 19.8 Å². The number of nitrogens with zero attached hydrogens (tertiary/aromatic N) is 2. The van der Waals surface area contributed by atoms with Crippen LogP contribution in [0.5, 0.6) is 5.75 Å².